The summed E-state index contributed by atoms with van der Waals surface area (Å²) in [5.41, 5.74) is 1.20. The SMILES string of the molecule is CC/C=C/c1cccc(OCC)c1. The first-order chi connectivity index (χ1) is 6.36. The van der Waals surface area contributed by atoms with E-state index in [0.717, 1.165) is 18.8 Å². The van der Waals surface area contributed by atoms with Gasteiger partial charge in [-0.25, -0.2) is 0 Å². The normalized spacial score (nSPS) is 10.6. The maximum absolute atomic E-state index is 5.39. The second kappa shape index (κ2) is 5.41. The van der Waals surface area contributed by atoms with Crippen molar-refractivity contribution in [1.29, 1.82) is 0 Å². The van der Waals surface area contributed by atoms with Crippen LogP contribution in [0.2, 0.25) is 0 Å². The van der Waals surface area contributed by atoms with Gasteiger partial charge < -0.3 is 4.74 Å². The molecule has 0 bridgehead atoms. The standard InChI is InChI=1S/C12H16O/c1-3-5-7-11-8-6-9-12(10-11)13-4-2/h5-10H,3-4H2,1-2H3/b7-5+. The van der Waals surface area contributed by atoms with Gasteiger partial charge in [0.05, 0.1) is 6.61 Å². The van der Waals surface area contributed by atoms with Crippen LogP contribution in [0, 0.1) is 0 Å². The third-order valence-electron chi connectivity index (χ3n) is 1.72. The predicted octanol–water partition coefficient (Wildman–Crippen LogP) is 3.51. The fourth-order valence-corrected chi connectivity index (χ4v) is 1.13. The zero-order valence-corrected chi connectivity index (χ0v) is 8.29. The van der Waals surface area contributed by atoms with Crippen LogP contribution in [0.3, 0.4) is 0 Å². The Morgan fingerprint density at radius 3 is 2.85 bits per heavy atom. The number of rotatable bonds is 4. The van der Waals surface area contributed by atoms with Crippen molar-refractivity contribution >= 4 is 6.08 Å². The molecule has 0 aliphatic carbocycles. The van der Waals surface area contributed by atoms with Crippen molar-refractivity contribution in [3.05, 3.63) is 35.9 Å². The van der Waals surface area contributed by atoms with E-state index in [2.05, 4.69) is 31.2 Å². The van der Waals surface area contributed by atoms with Crippen molar-refractivity contribution in [1.82, 2.24) is 0 Å². The molecule has 0 radical (unpaired) electrons. The van der Waals surface area contributed by atoms with E-state index in [4.69, 9.17) is 4.74 Å². The first kappa shape index (κ1) is 9.85. The molecule has 0 aromatic heterocycles. The van der Waals surface area contributed by atoms with Crippen LogP contribution in [-0.2, 0) is 0 Å². The van der Waals surface area contributed by atoms with Crippen LogP contribution < -0.4 is 4.74 Å². The number of benzene rings is 1. The smallest absolute Gasteiger partial charge is 0.119 e. The summed E-state index contributed by atoms with van der Waals surface area (Å²) >= 11 is 0. The van der Waals surface area contributed by atoms with Gasteiger partial charge in [-0.15, -0.1) is 0 Å². The van der Waals surface area contributed by atoms with Gasteiger partial charge in [0.15, 0.2) is 0 Å². The highest BCUT2D eigenvalue weighted by molar-refractivity contribution is 5.51. The average Bonchev–Trinajstić information content (AvgIpc) is 2.16. The molecule has 0 unspecified atom stereocenters. The van der Waals surface area contributed by atoms with Crippen LogP contribution in [0.1, 0.15) is 25.8 Å². The molecule has 0 saturated heterocycles. The summed E-state index contributed by atoms with van der Waals surface area (Å²) in [6.07, 6.45) is 5.33. The largest absolute Gasteiger partial charge is 0.494 e. The van der Waals surface area contributed by atoms with Crippen LogP contribution in [0.15, 0.2) is 30.3 Å². The van der Waals surface area contributed by atoms with Gasteiger partial charge in [0, 0.05) is 0 Å². The fourth-order valence-electron chi connectivity index (χ4n) is 1.13. The molecule has 0 spiro atoms. The number of ether oxygens (including phenoxy) is 1. The Kier molecular flexibility index (Phi) is 4.10. The van der Waals surface area contributed by atoms with Crippen molar-refractivity contribution < 1.29 is 4.74 Å². The monoisotopic (exact) mass is 176 g/mol. The van der Waals surface area contributed by atoms with Gasteiger partial charge in [-0.3, -0.25) is 0 Å². The van der Waals surface area contributed by atoms with E-state index in [0.29, 0.717) is 0 Å². The summed E-state index contributed by atoms with van der Waals surface area (Å²) in [5, 5.41) is 0. The third-order valence-corrected chi connectivity index (χ3v) is 1.72. The van der Waals surface area contributed by atoms with Gasteiger partial charge in [-0.05, 0) is 31.0 Å². The van der Waals surface area contributed by atoms with Crippen molar-refractivity contribution in [2.75, 3.05) is 6.61 Å². The van der Waals surface area contributed by atoms with Crippen LogP contribution in [-0.4, -0.2) is 6.61 Å². The Labute approximate surface area is 80.0 Å². The molecular formula is C12H16O. The lowest BCUT2D eigenvalue weighted by atomic mass is 10.2. The van der Waals surface area contributed by atoms with E-state index in [1.807, 2.05) is 19.1 Å². The van der Waals surface area contributed by atoms with Gasteiger partial charge in [0.2, 0.25) is 0 Å². The Morgan fingerprint density at radius 2 is 2.15 bits per heavy atom. The fraction of sp³-hybridized carbons (Fsp3) is 0.333. The number of hydrogen-bond donors (Lipinski definition) is 0. The minimum Gasteiger partial charge on any atom is -0.494 e. The molecule has 0 amide bonds. The molecule has 70 valence electrons. The molecule has 1 heteroatoms. The van der Waals surface area contributed by atoms with Gasteiger partial charge in [-0.2, -0.15) is 0 Å². The summed E-state index contributed by atoms with van der Waals surface area (Å²) in [4.78, 5) is 0. The Balaban J connectivity index is 2.73. The van der Waals surface area contributed by atoms with E-state index in [1.54, 1.807) is 0 Å². The highest BCUT2D eigenvalue weighted by Crippen LogP contribution is 2.14. The summed E-state index contributed by atoms with van der Waals surface area (Å²) in [6, 6.07) is 8.12. The van der Waals surface area contributed by atoms with Gasteiger partial charge in [0.1, 0.15) is 5.75 Å². The number of allylic oxidation sites excluding steroid dienone is 1. The molecule has 0 aliphatic rings. The van der Waals surface area contributed by atoms with E-state index in [1.165, 1.54) is 5.56 Å². The second-order valence-corrected chi connectivity index (χ2v) is 2.82. The van der Waals surface area contributed by atoms with Crippen LogP contribution >= 0.6 is 0 Å². The Hall–Kier alpha value is -1.24. The second-order valence-electron chi connectivity index (χ2n) is 2.82. The summed E-state index contributed by atoms with van der Waals surface area (Å²) in [7, 11) is 0. The molecule has 0 atom stereocenters. The molecule has 0 aliphatic heterocycles. The quantitative estimate of drug-likeness (QED) is 0.682. The van der Waals surface area contributed by atoms with E-state index >= 15 is 0 Å². The summed E-state index contributed by atoms with van der Waals surface area (Å²) < 4.78 is 5.39. The zero-order valence-electron chi connectivity index (χ0n) is 8.29. The highest BCUT2D eigenvalue weighted by atomic mass is 16.5. The maximum atomic E-state index is 5.39. The Morgan fingerprint density at radius 1 is 1.31 bits per heavy atom. The van der Waals surface area contributed by atoms with E-state index < -0.39 is 0 Å². The molecule has 0 fully saturated rings. The van der Waals surface area contributed by atoms with Crippen LogP contribution in [0.4, 0.5) is 0 Å². The maximum Gasteiger partial charge on any atom is 0.119 e. The molecule has 1 nitrogen and oxygen atoms in total. The third kappa shape index (κ3) is 3.32. The van der Waals surface area contributed by atoms with Gasteiger partial charge >= 0.3 is 0 Å². The van der Waals surface area contributed by atoms with Gasteiger partial charge in [0.25, 0.3) is 0 Å². The Bertz CT molecular complexity index is 276. The van der Waals surface area contributed by atoms with E-state index in [-0.39, 0.29) is 0 Å². The molecule has 1 rings (SSSR count). The van der Waals surface area contributed by atoms with Crippen molar-refractivity contribution in [3.8, 4) is 5.75 Å². The minimum atomic E-state index is 0.723. The topological polar surface area (TPSA) is 9.23 Å². The van der Waals surface area contributed by atoms with Crippen molar-refractivity contribution in [2.45, 2.75) is 20.3 Å². The molecule has 0 N–H and O–H groups in total. The molecular weight excluding hydrogens is 160 g/mol. The lowest BCUT2D eigenvalue weighted by Crippen LogP contribution is -1.90. The predicted molar refractivity (Wildman–Crippen MR) is 56.9 cm³/mol. The van der Waals surface area contributed by atoms with Crippen molar-refractivity contribution in [2.24, 2.45) is 0 Å². The lowest BCUT2D eigenvalue weighted by Gasteiger charge is -2.02. The highest BCUT2D eigenvalue weighted by Gasteiger charge is 1.91. The minimum absolute atomic E-state index is 0.723. The van der Waals surface area contributed by atoms with Crippen LogP contribution in [0.25, 0.3) is 6.08 Å². The molecule has 13 heavy (non-hydrogen) atoms. The van der Waals surface area contributed by atoms with E-state index in [9.17, 15) is 0 Å². The molecule has 0 heterocycles. The van der Waals surface area contributed by atoms with Crippen molar-refractivity contribution in [3.63, 3.8) is 0 Å². The lowest BCUT2D eigenvalue weighted by molar-refractivity contribution is 0.340. The molecule has 1 aromatic rings. The zero-order chi connectivity index (χ0) is 9.52. The molecule has 0 saturated carbocycles. The first-order valence-electron chi connectivity index (χ1n) is 4.76. The summed E-state index contributed by atoms with van der Waals surface area (Å²) in [5.74, 6) is 0.945. The average molecular weight is 176 g/mol. The van der Waals surface area contributed by atoms with Gasteiger partial charge in [-0.1, -0.05) is 31.2 Å². The van der Waals surface area contributed by atoms with Crippen LogP contribution in [0.5, 0.6) is 5.75 Å². The summed E-state index contributed by atoms with van der Waals surface area (Å²) in [6.45, 7) is 4.85. The molecule has 1 aromatic carbocycles. The number of hydrogen-bond acceptors (Lipinski definition) is 1. The first-order valence-corrected chi connectivity index (χ1v) is 4.76.